The first-order valence-electron chi connectivity index (χ1n) is 2.92. The summed E-state index contributed by atoms with van der Waals surface area (Å²) in [5.41, 5.74) is 0. The third kappa shape index (κ3) is 97.6. The first kappa shape index (κ1) is 22.7. The first-order chi connectivity index (χ1) is 4.15. The molecule has 0 rings (SSSR count). The van der Waals surface area contributed by atoms with E-state index in [1.165, 1.54) is 11.5 Å². The van der Waals surface area contributed by atoms with Crippen molar-refractivity contribution in [3.8, 4) is 0 Å². The molecule has 0 aromatic carbocycles. The molecule has 3 nitrogen and oxygen atoms in total. The summed E-state index contributed by atoms with van der Waals surface area (Å²) in [5.74, 6) is 1.69. The summed E-state index contributed by atoms with van der Waals surface area (Å²) in [6.45, 7) is 5.43. The summed E-state index contributed by atoms with van der Waals surface area (Å²) in [6, 6.07) is 0. The summed E-state index contributed by atoms with van der Waals surface area (Å²) in [7, 11) is 0. The van der Waals surface area contributed by atoms with Crippen LogP contribution in [0, 0.1) is 0 Å². The monoisotopic (exact) mass is 210 g/mol. The molecule has 0 saturated carbocycles. The summed E-state index contributed by atoms with van der Waals surface area (Å²) < 4.78 is 0. The van der Waals surface area contributed by atoms with Crippen LogP contribution in [0.3, 0.4) is 0 Å². The van der Waals surface area contributed by atoms with Crippen LogP contribution in [0.2, 0.25) is 0 Å². The number of rotatable bonds is 2. The fraction of sp³-hybridized carbons (Fsp3) is 0.833. The predicted octanol–water partition coefficient (Wildman–Crippen LogP) is 0.109. The molecule has 0 aliphatic rings. The van der Waals surface area contributed by atoms with Crippen molar-refractivity contribution >= 4 is 55.5 Å². The standard InChI is InChI=1S/C4H10S.C2H4O2.Ca.H2O.2H/c1-3-5-4-2;1-2(3)4;;;;/h3-4H2,1-2H3;1H3,(H,3,4);;1H2;;. The van der Waals surface area contributed by atoms with Crippen molar-refractivity contribution in [2.75, 3.05) is 11.5 Å². The van der Waals surface area contributed by atoms with Gasteiger partial charge in [0.2, 0.25) is 0 Å². The number of carboxylic acid groups (broad SMARTS) is 1. The maximum atomic E-state index is 9.00. The van der Waals surface area contributed by atoms with Gasteiger partial charge < -0.3 is 10.6 Å². The van der Waals surface area contributed by atoms with Crippen LogP contribution in [0.1, 0.15) is 20.8 Å². The van der Waals surface area contributed by atoms with E-state index in [1.54, 1.807) is 0 Å². The molecule has 3 N–H and O–H groups in total. The molecular formula is C6H18CaO3S. The van der Waals surface area contributed by atoms with Crippen LogP contribution in [-0.2, 0) is 4.79 Å². The molecule has 68 valence electrons. The first-order valence-corrected chi connectivity index (χ1v) is 4.07. The second-order valence-corrected chi connectivity index (χ2v) is 2.86. The average molecular weight is 210 g/mol. The molecule has 0 fully saturated rings. The number of carbonyl (C=O) groups is 1. The minimum atomic E-state index is -0.833. The topological polar surface area (TPSA) is 68.8 Å². The molecule has 11 heavy (non-hydrogen) atoms. The van der Waals surface area contributed by atoms with Crippen molar-refractivity contribution in [3.05, 3.63) is 0 Å². The van der Waals surface area contributed by atoms with Crippen LogP contribution in [0.4, 0.5) is 0 Å². The van der Waals surface area contributed by atoms with Crippen molar-refractivity contribution < 1.29 is 15.4 Å². The van der Waals surface area contributed by atoms with Gasteiger partial charge in [0.25, 0.3) is 5.97 Å². The van der Waals surface area contributed by atoms with Crippen LogP contribution >= 0.6 is 11.8 Å². The maximum absolute atomic E-state index is 9.00. The van der Waals surface area contributed by atoms with Crippen molar-refractivity contribution in [2.24, 2.45) is 0 Å². The molecule has 0 atom stereocenters. The van der Waals surface area contributed by atoms with E-state index < -0.39 is 5.97 Å². The van der Waals surface area contributed by atoms with E-state index in [2.05, 4.69) is 13.8 Å². The molecule has 0 bridgehead atoms. The van der Waals surface area contributed by atoms with Gasteiger partial charge in [-0.25, -0.2) is 0 Å². The number of hydrogen-bond donors (Lipinski definition) is 1. The van der Waals surface area contributed by atoms with Gasteiger partial charge in [-0.3, -0.25) is 4.79 Å². The van der Waals surface area contributed by atoms with Crippen LogP contribution < -0.4 is 0 Å². The Hall–Kier alpha value is 1.04. The Bertz CT molecular complexity index is 64.8. The third-order valence-electron chi connectivity index (χ3n) is 0.408. The number of thioether (sulfide) groups is 1. The average Bonchev–Trinajstić information content (AvgIpc) is 1.66. The summed E-state index contributed by atoms with van der Waals surface area (Å²) >= 11 is 1.96. The van der Waals surface area contributed by atoms with Crippen molar-refractivity contribution in [1.29, 1.82) is 0 Å². The van der Waals surface area contributed by atoms with E-state index in [9.17, 15) is 0 Å². The van der Waals surface area contributed by atoms with Gasteiger partial charge in [-0.05, 0) is 11.5 Å². The summed E-state index contributed by atoms with van der Waals surface area (Å²) in [5, 5.41) is 7.42. The second kappa shape index (κ2) is 22.5. The van der Waals surface area contributed by atoms with Gasteiger partial charge in [0.15, 0.2) is 0 Å². The number of hydrogen-bond acceptors (Lipinski definition) is 2. The molecule has 0 aliphatic carbocycles. The van der Waals surface area contributed by atoms with Gasteiger partial charge in [-0.1, -0.05) is 13.8 Å². The van der Waals surface area contributed by atoms with E-state index >= 15 is 0 Å². The van der Waals surface area contributed by atoms with Gasteiger partial charge >= 0.3 is 37.7 Å². The van der Waals surface area contributed by atoms with E-state index in [1.807, 2.05) is 11.8 Å². The molecule has 0 unspecified atom stereocenters. The molecule has 0 aliphatic heterocycles. The zero-order chi connectivity index (χ0) is 7.70. The Morgan fingerprint density at radius 1 is 1.36 bits per heavy atom. The zero-order valence-electron chi connectivity index (χ0n) is 6.68. The van der Waals surface area contributed by atoms with Crippen molar-refractivity contribution in [2.45, 2.75) is 20.8 Å². The Kier molecular flexibility index (Phi) is 46.3. The SMILES string of the molecule is CC(=O)O.CCSCC.O.[CaH2]. The van der Waals surface area contributed by atoms with E-state index in [0.29, 0.717) is 0 Å². The molecular weight excluding hydrogens is 192 g/mol. The normalized spacial score (nSPS) is 6.09. The van der Waals surface area contributed by atoms with E-state index in [0.717, 1.165) is 6.92 Å². The third-order valence-corrected chi connectivity index (χ3v) is 1.22. The van der Waals surface area contributed by atoms with Gasteiger partial charge in [0.1, 0.15) is 0 Å². The molecule has 0 saturated heterocycles. The van der Waals surface area contributed by atoms with Crippen LogP contribution in [0.15, 0.2) is 0 Å². The van der Waals surface area contributed by atoms with Crippen LogP contribution in [0.5, 0.6) is 0 Å². The molecule has 0 spiro atoms. The zero-order valence-corrected chi connectivity index (χ0v) is 7.49. The molecule has 0 heterocycles. The molecule has 0 amide bonds. The van der Waals surface area contributed by atoms with Crippen molar-refractivity contribution in [3.63, 3.8) is 0 Å². The summed E-state index contributed by atoms with van der Waals surface area (Å²) in [4.78, 5) is 9.00. The quantitative estimate of drug-likeness (QED) is 0.658. The molecule has 5 heteroatoms. The van der Waals surface area contributed by atoms with Gasteiger partial charge in [0.05, 0.1) is 0 Å². The van der Waals surface area contributed by atoms with Crippen LogP contribution in [-0.4, -0.2) is 65.8 Å². The molecule has 0 aromatic rings. The van der Waals surface area contributed by atoms with Gasteiger partial charge in [0, 0.05) is 6.92 Å². The summed E-state index contributed by atoms with van der Waals surface area (Å²) in [6.07, 6.45) is 0. The van der Waals surface area contributed by atoms with E-state index in [4.69, 9.17) is 9.90 Å². The fourth-order valence-corrected chi connectivity index (χ4v) is 0.612. The van der Waals surface area contributed by atoms with Gasteiger partial charge in [-0.2, -0.15) is 11.8 Å². The fourth-order valence-electron chi connectivity index (χ4n) is 0.204. The Morgan fingerprint density at radius 2 is 1.55 bits per heavy atom. The van der Waals surface area contributed by atoms with E-state index in [-0.39, 0.29) is 43.2 Å². The minimum absolute atomic E-state index is 0. The predicted molar refractivity (Wildman–Crippen MR) is 54.1 cm³/mol. The second-order valence-electron chi connectivity index (χ2n) is 1.30. The molecule has 0 aromatic heterocycles. The van der Waals surface area contributed by atoms with Gasteiger partial charge in [-0.15, -0.1) is 0 Å². The van der Waals surface area contributed by atoms with Crippen LogP contribution in [0.25, 0.3) is 0 Å². The van der Waals surface area contributed by atoms with Crippen molar-refractivity contribution in [1.82, 2.24) is 0 Å². The Labute approximate surface area is 102 Å². The Balaban J connectivity index is -0.0000000383. The Morgan fingerprint density at radius 3 is 1.55 bits per heavy atom. The molecule has 0 radical (unpaired) electrons. The number of carboxylic acids is 1. The number of aliphatic carboxylic acids is 1.